The molecular weight excluding hydrogens is 500 g/mol. The second-order valence-electron chi connectivity index (χ2n) is 8.95. The first kappa shape index (κ1) is 24.4. The molecule has 5 heterocycles. The summed E-state index contributed by atoms with van der Waals surface area (Å²) >= 11 is 2.93. The lowest BCUT2D eigenvalue weighted by Gasteiger charge is -2.28. The van der Waals surface area contributed by atoms with E-state index in [4.69, 9.17) is 4.74 Å². The summed E-state index contributed by atoms with van der Waals surface area (Å²) in [7, 11) is 0. The van der Waals surface area contributed by atoms with Gasteiger partial charge in [-0.3, -0.25) is 19.4 Å². The van der Waals surface area contributed by atoms with Gasteiger partial charge in [0, 0.05) is 34.4 Å². The number of amides is 3. The predicted molar refractivity (Wildman–Crippen MR) is 136 cm³/mol. The first-order valence-corrected chi connectivity index (χ1v) is 13.6. The Hall–Kier alpha value is -3.31. The monoisotopic (exact) mass is 526 g/mol. The highest BCUT2D eigenvalue weighted by molar-refractivity contribution is 7.27. The Bertz CT molecular complexity index is 1260. The van der Waals surface area contributed by atoms with E-state index >= 15 is 0 Å². The molecule has 2 aliphatic heterocycles. The molecule has 3 amide bonds. The molecule has 3 atom stereocenters. The lowest BCUT2D eigenvalue weighted by Crippen LogP contribution is -2.53. The second kappa shape index (κ2) is 10.4. The fourth-order valence-corrected chi connectivity index (χ4v) is 6.92. The third-order valence-electron chi connectivity index (χ3n) is 6.58. The first-order chi connectivity index (χ1) is 17.4. The number of hydrogen-bond donors (Lipinski definition) is 1. The van der Waals surface area contributed by atoms with Crippen molar-refractivity contribution in [2.45, 2.75) is 50.7 Å². The molecular formula is C25H26N4O5S2. The number of nitrogens with one attached hydrogen (secondary N) is 1. The molecule has 11 heteroatoms. The van der Waals surface area contributed by atoms with Crippen LogP contribution in [0.1, 0.15) is 31.7 Å². The standard InChI is InChI=1S/C25H26N4O5S2/c1-2-4-16(27-25(33)34-22-12-20-19(36-22)7-10-35-20)24(32)28-9-6-17-23(28)18(30)14-29(17)21(31)11-15-5-3-8-26-13-15/h3,5,7-8,10,12-13,16-17,23H,2,4,6,9,11,14H2,1H3,(H,27,33). The van der Waals surface area contributed by atoms with Crippen LogP contribution in [0, 0.1) is 0 Å². The summed E-state index contributed by atoms with van der Waals surface area (Å²) in [6.07, 6.45) is 4.34. The largest absolute Gasteiger partial charge is 0.414 e. The number of carbonyl (C=O) groups excluding carboxylic acids is 4. The summed E-state index contributed by atoms with van der Waals surface area (Å²) in [4.78, 5) is 59.1. The Morgan fingerprint density at radius 1 is 1.25 bits per heavy atom. The minimum Gasteiger partial charge on any atom is -0.399 e. The van der Waals surface area contributed by atoms with E-state index in [1.807, 2.05) is 24.4 Å². The third-order valence-corrected chi connectivity index (χ3v) is 8.55. The number of rotatable bonds is 7. The smallest absolute Gasteiger partial charge is 0.399 e. The zero-order valence-corrected chi connectivity index (χ0v) is 21.3. The van der Waals surface area contributed by atoms with Crippen LogP contribution < -0.4 is 10.1 Å². The molecule has 0 aromatic carbocycles. The Labute approximate surface area is 216 Å². The summed E-state index contributed by atoms with van der Waals surface area (Å²) < 4.78 is 7.51. The van der Waals surface area contributed by atoms with Crippen molar-refractivity contribution in [1.82, 2.24) is 20.1 Å². The van der Waals surface area contributed by atoms with Crippen molar-refractivity contribution < 1.29 is 23.9 Å². The van der Waals surface area contributed by atoms with Crippen LogP contribution in [-0.2, 0) is 20.8 Å². The van der Waals surface area contributed by atoms with Crippen molar-refractivity contribution in [2.75, 3.05) is 13.1 Å². The fraction of sp³-hybridized carbons (Fsp3) is 0.400. The van der Waals surface area contributed by atoms with Gasteiger partial charge >= 0.3 is 6.09 Å². The summed E-state index contributed by atoms with van der Waals surface area (Å²) in [6.45, 7) is 2.27. The van der Waals surface area contributed by atoms with Gasteiger partial charge in [-0.15, -0.1) is 11.3 Å². The molecule has 2 aliphatic rings. The number of ketones is 1. The lowest BCUT2D eigenvalue weighted by molar-refractivity contribution is -0.138. The molecule has 9 nitrogen and oxygen atoms in total. The van der Waals surface area contributed by atoms with Crippen LogP contribution in [0.25, 0.3) is 9.40 Å². The van der Waals surface area contributed by atoms with E-state index in [-0.39, 0.29) is 36.6 Å². The van der Waals surface area contributed by atoms with Crippen LogP contribution in [0.5, 0.6) is 5.06 Å². The normalized spacial score (nSPS) is 20.0. The van der Waals surface area contributed by atoms with Crippen molar-refractivity contribution >= 4 is 55.8 Å². The van der Waals surface area contributed by atoms with Crippen LogP contribution in [-0.4, -0.2) is 69.7 Å². The second-order valence-corrected chi connectivity index (χ2v) is 10.9. The van der Waals surface area contributed by atoms with E-state index < -0.39 is 18.2 Å². The highest BCUT2D eigenvalue weighted by Gasteiger charge is 2.52. The summed E-state index contributed by atoms with van der Waals surface area (Å²) in [5.41, 5.74) is 0.778. The first-order valence-electron chi connectivity index (χ1n) is 11.9. The molecule has 3 unspecified atom stereocenters. The lowest BCUT2D eigenvalue weighted by atomic mass is 10.1. The molecule has 0 radical (unpaired) electrons. The average molecular weight is 527 g/mol. The molecule has 0 saturated carbocycles. The molecule has 0 bridgehead atoms. The number of pyridine rings is 1. The molecule has 3 aromatic heterocycles. The summed E-state index contributed by atoms with van der Waals surface area (Å²) in [5.74, 6) is -0.619. The maximum absolute atomic E-state index is 13.5. The fourth-order valence-electron chi connectivity index (χ4n) is 4.97. The van der Waals surface area contributed by atoms with Gasteiger partial charge < -0.3 is 19.9 Å². The number of ether oxygens (including phenoxy) is 1. The number of thiophene rings is 2. The Morgan fingerprint density at radius 3 is 2.86 bits per heavy atom. The van der Waals surface area contributed by atoms with Gasteiger partial charge in [-0.25, -0.2) is 4.79 Å². The zero-order valence-electron chi connectivity index (χ0n) is 19.7. The molecule has 0 aliphatic carbocycles. The Balaban J connectivity index is 1.24. The Kier molecular flexibility index (Phi) is 7.01. The van der Waals surface area contributed by atoms with Crippen molar-refractivity contribution in [3.05, 3.63) is 47.6 Å². The zero-order chi connectivity index (χ0) is 25.2. The minimum atomic E-state index is -0.810. The number of carbonyl (C=O) groups is 4. The molecule has 1 N–H and O–H groups in total. The average Bonchev–Trinajstić information content (AvgIpc) is 3.61. The number of fused-ring (bicyclic) bond motifs is 2. The van der Waals surface area contributed by atoms with Crippen LogP contribution in [0.3, 0.4) is 0 Å². The highest BCUT2D eigenvalue weighted by atomic mass is 32.1. The van der Waals surface area contributed by atoms with Gasteiger partial charge in [-0.05, 0) is 35.9 Å². The number of nitrogens with zero attached hydrogens (tertiary/aromatic N) is 3. The summed E-state index contributed by atoms with van der Waals surface area (Å²) in [5, 5.41) is 5.14. The van der Waals surface area contributed by atoms with Crippen LogP contribution in [0.15, 0.2) is 42.0 Å². The third kappa shape index (κ3) is 4.85. The number of Topliss-reactive ketones (excluding diaryl/α,β-unsaturated/α-hetero) is 1. The molecule has 2 fully saturated rings. The van der Waals surface area contributed by atoms with E-state index in [0.717, 1.165) is 15.0 Å². The maximum Gasteiger partial charge on any atom is 0.414 e. The molecule has 36 heavy (non-hydrogen) atoms. The van der Waals surface area contributed by atoms with Gasteiger partial charge in [0.2, 0.25) is 11.8 Å². The van der Waals surface area contributed by atoms with Crippen LogP contribution in [0.4, 0.5) is 4.79 Å². The van der Waals surface area contributed by atoms with Crippen molar-refractivity contribution in [2.24, 2.45) is 0 Å². The minimum absolute atomic E-state index is 0.0123. The van der Waals surface area contributed by atoms with Gasteiger partial charge in [0.15, 0.2) is 10.8 Å². The maximum atomic E-state index is 13.5. The van der Waals surface area contributed by atoms with Crippen molar-refractivity contribution in [3.63, 3.8) is 0 Å². The van der Waals surface area contributed by atoms with Gasteiger partial charge in [-0.1, -0.05) is 30.7 Å². The van der Waals surface area contributed by atoms with Gasteiger partial charge in [0.05, 0.1) is 19.0 Å². The quantitative estimate of drug-likeness (QED) is 0.506. The number of hydrogen-bond acceptors (Lipinski definition) is 8. The van der Waals surface area contributed by atoms with Gasteiger partial charge in [-0.2, -0.15) is 0 Å². The van der Waals surface area contributed by atoms with E-state index in [0.29, 0.717) is 30.9 Å². The van der Waals surface area contributed by atoms with Crippen LogP contribution in [0.2, 0.25) is 0 Å². The predicted octanol–water partition coefficient (Wildman–Crippen LogP) is 3.24. The SMILES string of the molecule is CCCC(NC(=O)Oc1cc2sccc2s1)C(=O)N1CCC2C1C(=O)CN2C(=O)Cc1cccnc1. The highest BCUT2D eigenvalue weighted by Crippen LogP contribution is 2.35. The van der Waals surface area contributed by atoms with E-state index in [2.05, 4.69) is 10.3 Å². The number of aromatic nitrogens is 1. The summed E-state index contributed by atoms with van der Waals surface area (Å²) in [6, 6.07) is 5.52. The van der Waals surface area contributed by atoms with Crippen molar-refractivity contribution in [3.8, 4) is 5.06 Å². The molecule has 5 rings (SSSR count). The van der Waals surface area contributed by atoms with E-state index in [1.165, 1.54) is 16.2 Å². The molecule has 2 saturated heterocycles. The van der Waals surface area contributed by atoms with E-state index in [9.17, 15) is 19.2 Å². The Morgan fingerprint density at radius 2 is 2.11 bits per heavy atom. The molecule has 188 valence electrons. The molecule has 3 aromatic rings. The number of likely N-dealkylation sites (tertiary alicyclic amines) is 2. The van der Waals surface area contributed by atoms with E-state index in [1.54, 1.807) is 40.8 Å². The topological polar surface area (TPSA) is 109 Å². The van der Waals surface area contributed by atoms with Crippen LogP contribution >= 0.6 is 22.7 Å². The van der Waals surface area contributed by atoms with Crippen molar-refractivity contribution in [1.29, 1.82) is 0 Å². The van der Waals surface area contributed by atoms with Gasteiger partial charge in [0.1, 0.15) is 12.1 Å². The van der Waals surface area contributed by atoms with Gasteiger partial charge in [0.25, 0.3) is 0 Å². The molecule has 0 spiro atoms.